The van der Waals surface area contributed by atoms with Crippen molar-refractivity contribution in [1.29, 1.82) is 0 Å². The first-order chi connectivity index (χ1) is 11.6. The van der Waals surface area contributed by atoms with Gasteiger partial charge in [0.1, 0.15) is 5.69 Å². The Morgan fingerprint density at radius 1 is 1.00 bits per heavy atom. The van der Waals surface area contributed by atoms with Gasteiger partial charge in [-0.15, -0.1) is 0 Å². The highest BCUT2D eigenvalue weighted by molar-refractivity contribution is 6.00. The second-order valence-electron chi connectivity index (χ2n) is 5.46. The van der Waals surface area contributed by atoms with E-state index >= 15 is 0 Å². The molecule has 0 spiro atoms. The van der Waals surface area contributed by atoms with E-state index in [1.165, 1.54) is 11.1 Å². The van der Waals surface area contributed by atoms with Crippen molar-refractivity contribution in [2.45, 2.75) is 40.5 Å². The van der Waals surface area contributed by atoms with E-state index in [9.17, 15) is 4.79 Å². The average molecular weight is 324 g/mol. The summed E-state index contributed by atoms with van der Waals surface area (Å²) in [6.45, 7) is 8.29. The Kier molecular flexibility index (Phi) is 6.24. The van der Waals surface area contributed by atoms with E-state index in [1.807, 2.05) is 13.0 Å². The lowest BCUT2D eigenvalue weighted by atomic mass is 10.0. The van der Waals surface area contributed by atoms with Crippen molar-refractivity contribution < 1.29 is 9.53 Å². The van der Waals surface area contributed by atoms with Crippen molar-refractivity contribution in [1.82, 2.24) is 4.98 Å². The summed E-state index contributed by atoms with van der Waals surface area (Å²) in [5.41, 5.74) is 5.24. The van der Waals surface area contributed by atoms with Crippen LogP contribution in [0.25, 0.3) is 0 Å². The summed E-state index contributed by atoms with van der Waals surface area (Å²) in [5.74, 6) is -0.407. The molecule has 0 N–H and O–H groups in total. The number of benzene rings is 1. The fourth-order valence-corrected chi connectivity index (χ4v) is 2.54. The summed E-state index contributed by atoms with van der Waals surface area (Å²) < 4.78 is 5.01. The molecule has 0 saturated heterocycles. The molecule has 4 nitrogen and oxygen atoms in total. The van der Waals surface area contributed by atoms with Crippen LogP contribution >= 0.6 is 0 Å². The Morgan fingerprint density at radius 3 is 2.17 bits per heavy atom. The lowest BCUT2D eigenvalue weighted by Gasteiger charge is -2.10. The van der Waals surface area contributed by atoms with Gasteiger partial charge < -0.3 is 4.74 Å². The topological polar surface area (TPSA) is 51.5 Å². The molecule has 4 heteroatoms. The molecule has 0 radical (unpaired) electrons. The maximum Gasteiger partial charge on any atom is 0.356 e. The summed E-state index contributed by atoms with van der Waals surface area (Å²) in [7, 11) is 0. The Balaban J connectivity index is 2.42. The van der Waals surface area contributed by atoms with Crippen LogP contribution < -0.4 is 0 Å². The molecule has 1 aromatic carbocycles. The summed E-state index contributed by atoms with van der Waals surface area (Å²) in [6, 6.07) is 11.6. The minimum atomic E-state index is -0.407. The van der Waals surface area contributed by atoms with Crippen molar-refractivity contribution in [3.8, 4) is 0 Å². The molecule has 0 saturated carbocycles. The van der Waals surface area contributed by atoms with Crippen LogP contribution in [0.5, 0.6) is 0 Å². The maximum absolute atomic E-state index is 11.9. The van der Waals surface area contributed by atoms with Crippen molar-refractivity contribution in [2.75, 3.05) is 6.61 Å². The maximum atomic E-state index is 11.9. The molecule has 24 heavy (non-hydrogen) atoms. The van der Waals surface area contributed by atoms with E-state index in [4.69, 9.17) is 9.73 Å². The third-order valence-electron chi connectivity index (χ3n) is 3.85. The minimum Gasteiger partial charge on any atom is -0.461 e. The van der Waals surface area contributed by atoms with Crippen LogP contribution in [0.4, 0.5) is 5.69 Å². The molecule has 0 unspecified atom stereocenters. The third-order valence-corrected chi connectivity index (χ3v) is 3.85. The van der Waals surface area contributed by atoms with Gasteiger partial charge >= 0.3 is 5.97 Å². The van der Waals surface area contributed by atoms with Gasteiger partial charge in [0.05, 0.1) is 23.7 Å². The first-order valence-corrected chi connectivity index (χ1v) is 8.41. The number of rotatable bonds is 6. The second-order valence-corrected chi connectivity index (χ2v) is 5.46. The van der Waals surface area contributed by atoms with E-state index in [2.05, 4.69) is 37.0 Å². The predicted octanol–water partition coefficient (Wildman–Crippen LogP) is 4.52. The number of para-hydroxylation sites is 1. The zero-order valence-corrected chi connectivity index (χ0v) is 14.8. The van der Waals surface area contributed by atoms with Crippen molar-refractivity contribution in [3.05, 3.63) is 58.9 Å². The fourth-order valence-electron chi connectivity index (χ4n) is 2.54. The van der Waals surface area contributed by atoms with E-state index in [0.717, 1.165) is 24.2 Å². The molecule has 1 aromatic heterocycles. The Bertz CT molecular complexity index is 729. The van der Waals surface area contributed by atoms with Gasteiger partial charge in [0.15, 0.2) is 0 Å². The summed E-state index contributed by atoms with van der Waals surface area (Å²) in [6.07, 6.45) is 1.85. The molecule has 0 aliphatic heterocycles. The number of carbonyl (C=O) groups is 1. The molecule has 0 aliphatic carbocycles. The van der Waals surface area contributed by atoms with E-state index in [-0.39, 0.29) is 0 Å². The van der Waals surface area contributed by atoms with Crippen molar-refractivity contribution in [2.24, 2.45) is 4.99 Å². The first kappa shape index (κ1) is 17.9. The van der Waals surface area contributed by atoms with Crippen molar-refractivity contribution in [3.63, 3.8) is 0 Å². The highest BCUT2D eigenvalue weighted by atomic mass is 16.5. The molecule has 2 aromatic rings. The molecule has 0 fully saturated rings. The highest BCUT2D eigenvalue weighted by Gasteiger charge is 2.11. The number of carbonyl (C=O) groups excluding carboxylic acids is 1. The van der Waals surface area contributed by atoms with Crippen LogP contribution in [0.15, 0.2) is 41.4 Å². The van der Waals surface area contributed by atoms with Gasteiger partial charge in [-0.2, -0.15) is 0 Å². The lowest BCUT2D eigenvalue weighted by molar-refractivity contribution is 0.0519. The highest BCUT2D eigenvalue weighted by Crippen LogP contribution is 2.26. The number of nitrogens with zero attached hydrogens (tertiary/aromatic N) is 2. The molecule has 0 amide bonds. The zero-order chi connectivity index (χ0) is 17.5. The fraction of sp³-hybridized carbons (Fsp3) is 0.350. The van der Waals surface area contributed by atoms with E-state index in [1.54, 1.807) is 19.1 Å². The van der Waals surface area contributed by atoms with Gasteiger partial charge in [-0.25, -0.2) is 9.78 Å². The normalized spacial score (nSPS) is 11.4. The molecule has 1 heterocycles. The zero-order valence-electron chi connectivity index (χ0n) is 14.8. The van der Waals surface area contributed by atoms with Crippen LogP contribution in [0.2, 0.25) is 0 Å². The van der Waals surface area contributed by atoms with E-state index in [0.29, 0.717) is 18.0 Å². The average Bonchev–Trinajstić information content (AvgIpc) is 2.62. The largest absolute Gasteiger partial charge is 0.461 e. The number of hydrogen-bond acceptors (Lipinski definition) is 4. The van der Waals surface area contributed by atoms with Gasteiger partial charge in [0.25, 0.3) is 0 Å². The Hall–Kier alpha value is -2.49. The monoisotopic (exact) mass is 324 g/mol. The Morgan fingerprint density at radius 2 is 1.58 bits per heavy atom. The first-order valence-electron chi connectivity index (χ1n) is 8.41. The Labute approximate surface area is 143 Å². The number of aryl methyl sites for hydroxylation is 2. The summed E-state index contributed by atoms with van der Waals surface area (Å²) >= 11 is 0. The second kappa shape index (κ2) is 8.39. The molecule has 0 atom stereocenters. The van der Waals surface area contributed by atoms with Crippen LogP contribution in [0.1, 0.15) is 55.0 Å². The summed E-state index contributed by atoms with van der Waals surface area (Å²) in [4.78, 5) is 21.1. The van der Waals surface area contributed by atoms with Crippen LogP contribution in [0.3, 0.4) is 0 Å². The molecular formula is C20H24N2O2. The van der Waals surface area contributed by atoms with Gasteiger partial charge in [-0.1, -0.05) is 38.1 Å². The molecule has 2 rings (SSSR count). The number of ether oxygens (including phenoxy) is 1. The van der Waals surface area contributed by atoms with Crippen LogP contribution in [-0.2, 0) is 17.6 Å². The SMILES string of the molecule is CCOC(=O)c1cccc(C(C)=Nc2c(CC)cccc2CC)n1. The molecule has 0 aliphatic rings. The molecule has 126 valence electrons. The minimum absolute atomic E-state index is 0.309. The summed E-state index contributed by atoms with van der Waals surface area (Å²) in [5, 5.41) is 0. The van der Waals surface area contributed by atoms with Crippen molar-refractivity contribution >= 4 is 17.4 Å². The molecular weight excluding hydrogens is 300 g/mol. The number of aromatic nitrogens is 1. The van der Waals surface area contributed by atoms with Crippen LogP contribution in [-0.4, -0.2) is 23.3 Å². The van der Waals surface area contributed by atoms with E-state index < -0.39 is 5.97 Å². The number of esters is 1. The smallest absolute Gasteiger partial charge is 0.356 e. The van der Waals surface area contributed by atoms with Gasteiger partial charge in [-0.05, 0) is 49.9 Å². The van der Waals surface area contributed by atoms with Gasteiger partial charge in [-0.3, -0.25) is 4.99 Å². The van der Waals surface area contributed by atoms with Crippen LogP contribution in [0, 0.1) is 0 Å². The predicted molar refractivity (Wildman–Crippen MR) is 97.3 cm³/mol. The number of aliphatic imine (C=N–C) groups is 1. The van der Waals surface area contributed by atoms with Gasteiger partial charge in [0.2, 0.25) is 0 Å². The third kappa shape index (κ3) is 4.07. The number of pyridine rings is 1. The van der Waals surface area contributed by atoms with Gasteiger partial charge in [0, 0.05) is 0 Å². The molecule has 0 bridgehead atoms. The lowest BCUT2D eigenvalue weighted by Crippen LogP contribution is -2.10. The quantitative estimate of drug-likeness (QED) is 0.579. The standard InChI is InChI=1S/C20H24N2O2/c1-5-15-10-8-11-16(6-2)19(15)21-14(4)17-12-9-13-18(22-17)20(23)24-7-3/h8-13H,5-7H2,1-4H3. The number of hydrogen-bond donors (Lipinski definition) is 0.